The van der Waals surface area contributed by atoms with Gasteiger partial charge in [-0.3, -0.25) is 4.99 Å². The molecule has 4 nitrogen and oxygen atoms in total. The zero-order chi connectivity index (χ0) is 15.0. The van der Waals surface area contributed by atoms with E-state index in [1.54, 1.807) is 7.05 Å². The Morgan fingerprint density at radius 1 is 1.20 bits per heavy atom. The van der Waals surface area contributed by atoms with Crippen molar-refractivity contribution in [2.45, 2.75) is 44.3 Å². The summed E-state index contributed by atoms with van der Waals surface area (Å²) >= 11 is 0. The average molecular weight is 294 g/mol. The standard InChI is InChI=1S/C13H25F3N4/c1-17-12(18-8-7-13(14,15)16)19-9-10-20(2)11-5-3-4-6-11/h11H,3-10H2,1-2H3,(H2,17,18,19). The Labute approximate surface area is 118 Å². The number of guanidine groups is 1. The molecule has 0 aromatic carbocycles. The number of hydrogen-bond donors (Lipinski definition) is 2. The minimum absolute atomic E-state index is 0.151. The molecule has 118 valence electrons. The molecule has 1 rings (SSSR count). The number of aliphatic imine (C=N–C) groups is 1. The van der Waals surface area contributed by atoms with E-state index in [-0.39, 0.29) is 6.54 Å². The van der Waals surface area contributed by atoms with Crippen molar-refractivity contribution in [3.05, 3.63) is 0 Å². The summed E-state index contributed by atoms with van der Waals surface area (Å²) in [7, 11) is 3.65. The second-order valence-electron chi connectivity index (χ2n) is 5.21. The van der Waals surface area contributed by atoms with Crippen LogP contribution in [0.25, 0.3) is 0 Å². The fourth-order valence-corrected chi connectivity index (χ4v) is 2.42. The molecule has 0 radical (unpaired) electrons. The van der Waals surface area contributed by atoms with E-state index in [1.165, 1.54) is 25.7 Å². The first-order valence-electron chi connectivity index (χ1n) is 7.14. The molecule has 0 unspecified atom stereocenters. The minimum atomic E-state index is -4.13. The van der Waals surface area contributed by atoms with Gasteiger partial charge in [-0.25, -0.2) is 0 Å². The van der Waals surface area contributed by atoms with Crippen LogP contribution in [-0.2, 0) is 0 Å². The third-order valence-electron chi connectivity index (χ3n) is 3.63. The van der Waals surface area contributed by atoms with Crippen molar-refractivity contribution in [2.24, 2.45) is 4.99 Å². The monoisotopic (exact) mass is 294 g/mol. The predicted octanol–water partition coefficient (Wildman–Crippen LogP) is 1.98. The fourth-order valence-electron chi connectivity index (χ4n) is 2.42. The van der Waals surface area contributed by atoms with Crippen LogP contribution in [0.4, 0.5) is 13.2 Å². The first-order valence-corrected chi connectivity index (χ1v) is 7.14. The first-order chi connectivity index (χ1) is 9.42. The van der Waals surface area contributed by atoms with Crippen molar-refractivity contribution >= 4 is 5.96 Å². The van der Waals surface area contributed by atoms with Crippen LogP contribution in [0, 0.1) is 0 Å². The number of likely N-dealkylation sites (N-methyl/N-ethyl adjacent to an activating group) is 1. The maximum Gasteiger partial charge on any atom is 0.390 e. The number of rotatable bonds is 6. The van der Waals surface area contributed by atoms with E-state index in [1.807, 2.05) is 0 Å². The van der Waals surface area contributed by atoms with Gasteiger partial charge in [-0.1, -0.05) is 12.8 Å². The quantitative estimate of drug-likeness (QED) is 0.581. The molecule has 1 saturated carbocycles. The molecule has 0 aliphatic heterocycles. The molecule has 1 aliphatic rings. The van der Waals surface area contributed by atoms with Crippen molar-refractivity contribution < 1.29 is 13.2 Å². The van der Waals surface area contributed by atoms with E-state index in [0.29, 0.717) is 18.5 Å². The summed E-state index contributed by atoms with van der Waals surface area (Å²) in [6.45, 7) is 1.39. The van der Waals surface area contributed by atoms with Gasteiger partial charge in [0.15, 0.2) is 5.96 Å². The topological polar surface area (TPSA) is 39.7 Å². The summed E-state index contributed by atoms with van der Waals surface area (Å²) in [5.74, 6) is 0.425. The Morgan fingerprint density at radius 2 is 1.80 bits per heavy atom. The molecule has 20 heavy (non-hydrogen) atoms. The first kappa shape index (κ1) is 17.1. The lowest BCUT2D eigenvalue weighted by Crippen LogP contribution is -2.43. The van der Waals surface area contributed by atoms with Crippen LogP contribution >= 0.6 is 0 Å². The maximum absolute atomic E-state index is 12.0. The van der Waals surface area contributed by atoms with Crippen molar-refractivity contribution in [3.8, 4) is 0 Å². The van der Waals surface area contributed by atoms with E-state index in [4.69, 9.17) is 0 Å². The fraction of sp³-hybridized carbons (Fsp3) is 0.923. The Hall–Kier alpha value is -0.980. The number of nitrogens with one attached hydrogen (secondary N) is 2. The van der Waals surface area contributed by atoms with Crippen LogP contribution < -0.4 is 10.6 Å². The minimum Gasteiger partial charge on any atom is -0.356 e. The Balaban J connectivity index is 2.14. The predicted molar refractivity (Wildman–Crippen MR) is 74.9 cm³/mol. The lowest BCUT2D eigenvalue weighted by atomic mass is 10.2. The number of alkyl halides is 3. The van der Waals surface area contributed by atoms with Gasteiger partial charge in [-0.05, 0) is 19.9 Å². The summed E-state index contributed by atoms with van der Waals surface area (Å²) in [6, 6.07) is 0.650. The second kappa shape index (κ2) is 8.34. The molecule has 0 heterocycles. The van der Waals surface area contributed by atoms with Crippen LogP contribution in [0.2, 0.25) is 0 Å². The Bertz CT molecular complexity index is 298. The molecule has 0 bridgehead atoms. The summed E-state index contributed by atoms with van der Waals surface area (Å²) in [5, 5.41) is 5.71. The maximum atomic E-state index is 12.0. The summed E-state index contributed by atoms with van der Waals surface area (Å²) < 4.78 is 36.1. The third kappa shape index (κ3) is 6.98. The van der Waals surface area contributed by atoms with E-state index in [0.717, 1.165) is 6.54 Å². The molecular formula is C13H25F3N4. The van der Waals surface area contributed by atoms with Crippen LogP contribution in [0.5, 0.6) is 0 Å². The smallest absolute Gasteiger partial charge is 0.356 e. The van der Waals surface area contributed by atoms with Crippen LogP contribution in [0.15, 0.2) is 4.99 Å². The van der Waals surface area contributed by atoms with Gasteiger partial charge in [0.2, 0.25) is 0 Å². The second-order valence-corrected chi connectivity index (χ2v) is 5.21. The van der Waals surface area contributed by atoms with Gasteiger partial charge in [-0.2, -0.15) is 13.2 Å². The lowest BCUT2D eigenvalue weighted by Gasteiger charge is -2.24. The van der Waals surface area contributed by atoms with Crippen LogP contribution in [0.3, 0.4) is 0 Å². The van der Waals surface area contributed by atoms with Gasteiger partial charge in [0.1, 0.15) is 0 Å². The molecule has 0 atom stereocenters. The molecule has 7 heteroatoms. The van der Waals surface area contributed by atoms with E-state index < -0.39 is 12.6 Å². The van der Waals surface area contributed by atoms with E-state index in [9.17, 15) is 13.2 Å². The van der Waals surface area contributed by atoms with Crippen molar-refractivity contribution in [1.82, 2.24) is 15.5 Å². The van der Waals surface area contributed by atoms with Gasteiger partial charge in [0, 0.05) is 32.7 Å². The highest BCUT2D eigenvalue weighted by atomic mass is 19.4. The normalized spacial score (nSPS) is 17.8. The lowest BCUT2D eigenvalue weighted by molar-refractivity contribution is -0.132. The van der Waals surface area contributed by atoms with Gasteiger partial charge in [0.25, 0.3) is 0 Å². The summed E-state index contributed by atoms with van der Waals surface area (Å²) in [6.07, 6.45) is 0.0978. The van der Waals surface area contributed by atoms with Gasteiger partial charge in [-0.15, -0.1) is 0 Å². The highest BCUT2D eigenvalue weighted by Gasteiger charge is 2.26. The Morgan fingerprint density at radius 3 is 2.35 bits per heavy atom. The van der Waals surface area contributed by atoms with Crippen molar-refractivity contribution in [3.63, 3.8) is 0 Å². The molecule has 2 N–H and O–H groups in total. The molecule has 0 aromatic heterocycles. The largest absolute Gasteiger partial charge is 0.390 e. The Kier molecular flexibility index (Phi) is 7.12. The molecule has 1 fully saturated rings. The van der Waals surface area contributed by atoms with Gasteiger partial charge < -0.3 is 15.5 Å². The van der Waals surface area contributed by atoms with Crippen molar-refractivity contribution in [1.29, 1.82) is 0 Å². The molecule has 1 aliphatic carbocycles. The number of hydrogen-bond acceptors (Lipinski definition) is 2. The zero-order valence-electron chi connectivity index (χ0n) is 12.3. The van der Waals surface area contributed by atoms with Crippen molar-refractivity contribution in [2.75, 3.05) is 33.7 Å². The number of halogens is 3. The SMILES string of the molecule is CN=C(NCCN(C)C1CCCC1)NCCC(F)(F)F. The highest BCUT2D eigenvalue weighted by Crippen LogP contribution is 2.21. The molecule has 0 amide bonds. The molecule has 0 aromatic rings. The summed E-state index contributed by atoms with van der Waals surface area (Å²) in [4.78, 5) is 6.22. The molecule has 0 spiro atoms. The third-order valence-corrected chi connectivity index (χ3v) is 3.63. The van der Waals surface area contributed by atoms with Crippen LogP contribution in [0.1, 0.15) is 32.1 Å². The number of nitrogens with zero attached hydrogens (tertiary/aromatic N) is 2. The zero-order valence-corrected chi connectivity index (χ0v) is 12.3. The molecular weight excluding hydrogens is 269 g/mol. The van der Waals surface area contributed by atoms with E-state index in [2.05, 4.69) is 27.6 Å². The summed E-state index contributed by atoms with van der Waals surface area (Å²) in [5.41, 5.74) is 0. The molecule has 0 saturated heterocycles. The average Bonchev–Trinajstić information content (AvgIpc) is 2.89. The van der Waals surface area contributed by atoms with Gasteiger partial charge in [0.05, 0.1) is 6.42 Å². The highest BCUT2D eigenvalue weighted by molar-refractivity contribution is 5.79. The van der Waals surface area contributed by atoms with Crippen LogP contribution in [-0.4, -0.2) is 56.8 Å². The van der Waals surface area contributed by atoms with Gasteiger partial charge >= 0.3 is 6.18 Å². The van der Waals surface area contributed by atoms with E-state index >= 15 is 0 Å².